The van der Waals surface area contributed by atoms with Crippen LogP contribution in [0.5, 0.6) is 0 Å². The molecule has 0 radical (unpaired) electrons. The van der Waals surface area contributed by atoms with Crippen LogP contribution in [0.3, 0.4) is 0 Å². The third-order valence-electron chi connectivity index (χ3n) is 5.56. The van der Waals surface area contributed by atoms with Crippen LogP contribution in [-0.2, 0) is 12.8 Å². The van der Waals surface area contributed by atoms with E-state index in [4.69, 9.17) is 0 Å². The summed E-state index contributed by atoms with van der Waals surface area (Å²) in [7, 11) is 0. The van der Waals surface area contributed by atoms with E-state index in [0.29, 0.717) is 8.16 Å². The number of thioether (sulfide) groups is 4. The molecule has 0 N–H and O–H groups in total. The summed E-state index contributed by atoms with van der Waals surface area (Å²) in [4.78, 5) is 0. The number of rotatable bonds is 7. The predicted octanol–water partition coefficient (Wildman–Crippen LogP) is 7.38. The van der Waals surface area contributed by atoms with Gasteiger partial charge in [0.2, 0.25) is 0 Å². The molecule has 28 heavy (non-hydrogen) atoms. The van der Waals surface area contributed by atoms with E-state index in [1.54, 1.807) is 0 Å². The summed E-state index contributed by atoms with van der Waals surface area (Å²) in [5.74, 6) is 5.30. The molecule has 0 nitrogen and oxygen atoms in total. The lowest BCUT2D eigenvalue weighted by Gasteiger charge is -2.42. The van der Waals surface area contributed by atoms with Crippen LogP contribution in [0.2, 0.25) is 0 Å². The summed E-state index contributed by atoms with van der Waals surface area (Å²) in [6, 6.07) is 22.4. The van der Waals surface area contributed by atoms with Crippen LogP contribution >= 0.6 is 47.0 Å². The molecule has 2 saturated heterocycles. The van der Waals surface area contributed by atoms with Crippen molar-refractivity contribution >= 4 is 47.0 Å². The fourth-order valence-corrected chi connectivity index (χ4v) is 10.8. The number of hydrogen-bond donors (Lipinski definition) is 0. The van der Waals surface area contributed by atoms with E-state index in [2.05, 4.69) is 108 Å². The van der Waals surface area contributed by atoms with Gasteiger partial charge in [-0.05, 0) is 72.7 Å². The van der Waals surface area contributed by atoms with Crippen LogP contribution in [0.15, 0.2) is 60.7 Å². The zero-order valence-corrected chi connectivity index (χ0v) is 19.7. The largest absolute Gasteiger partial charge is 0.144 e. The molecule has 2 aromatic rings. The number of benzene rings is 2. The molecule has 0 saturated carbocycles. The fraction of sp³-hybridized carbons (Fsp3) is 0.500. The minimum atomic E-state index is 0.363. The van der Waals surface area contributed by atoms with Gasteiger partial charge in [0.1, 0.15) is 0 Å². The molecule has 0 aliphatic carbocycles. The standard InChI is InChI=1S/C24H30S4/c1-3-9-21(10-4-1)19-23(25-15-7-16-26-23)13-14-24(27-17-8-18-28-24)20-22-11-5-2-6-12-22/h1-6,9-12H,7-8,13-20H2. The summed E-state index contributed by atoms with van der Waals surface area (Å²) in [6.07, 6.45) is 7.79. The van der Waals surface area contributed by atoms with Gasteiger partial charge in [-0.2, -0.15) is 0 Å². The van der Waals surface area contributed by atoms with Gasteiger partial charge in [-0.3, -0.25) is 0 Å². The smallest absolute Gasteiger partial charge is 0.0652 e. The Morgan fingerprint density at radius 2 is 0.893 bits per heavy atom. The highest BCUT2D eigenvalue weighted by Crippen LogP contribution is 2.53. The van der Waals surface area contributed by atoms with Gasteiger partial charge in [-0.25, -0.2) is 0 Å². The zero-order chi connectivity index (χ0) is 19.1. The lowest BCUT2D eigenvalue weighted by Crippen LogP contribution is -2.34. The van der Waals surface area contributed by atoms with Crippen molar-refractivity contribution in [2.45, 2.75) is 46.7 Å². The van der Waals surface area contributed by atoms with Crippen LogP contribution in [0.1, 0.15) is 36.8 Å². The van der Waals surface area contributed by atoms with Crippen LogP contribution < -0.4 is 0 Å². The topological polar surface area (TPSA) is 0 Å². The van der Waals surface area contributed by atoms with Crippen LogP contribution in [0.4, 0.5) is 0 Å². The van der Waals surface area contributed by atoms with Crippen molar-refractivity contribution < 1.29 is 0 Å². The third kappa shape index (κ3) is 5.71. The van der Waals surface area contributed by atoms with Crippen molar-refractivity contribution in [2.75, 3.05) is 23.0 Å². The molecule has 150 valence electrons. The van der Waals surface area contributed by atoms with Crippen molar-refractivity contribution in [1.82, 2.24) is 0 Å². The van der Waals surface area contributed by atoms with Gasteiger partial charge in [0.05, 0.1) is 8.16 Å². The molecule has 0 atom stereocenters. The lowest BCUT2D eigenvalue weighted by atomic mass is 10.0. The molecular weight excluding hydrogens is 417 g/mol. The van der Waals surface area contributed by atoms with Gasteiger partial charge in [-0.1, -0.05) is 60.7 Å². The van der Waals surface area contributed by atoms with Crippen LogP contribution in [0.25, 0.3) is 0 Å². The lowest BCUT2D eigenvalue weighted by molar-refractivity contribution is 0.605. The van der Waals surface area contributed by atoms with E-state index in [1.807, 2.05) is 0 Å². The van der Waals surface area contributed by atoms with E-state index in [9.17, 15) is 0 Å². The summed E-state index contributed by atoms with van der Waals surface area (Å²) >= 11 is 8.97. The Balaban J connectivity index is 1.50. The zero-order valence-electron chi connectivity index (χ0n) is 16.5. The Morgan fingerprint density at radius 3 is 1.25 bits per heavy atom. The van der Waals surface area contributed by atoms with Gasteiger partial charge in [0, 0.05) is 0 Å². The predicted molar refractivity (Wildman–Crippen MR) is 134 cm³/mol. The molecule has 2 aliphatic rings. The molecule has 0 bridgehead atoms. The first-order valence-corrected chi connectivity index (χ1v) is 14.4. The van der Waals surface area contributed by atoms with Gasteiger partial charge in [0.15, 0.2) is 0 Å². The Kier molecular flexibility index (Phi) is 7.71. The molecule has 4 heteroatoms. The van der Waals surface area contributed by atoms with Crippen LogP contribution in [-0.4, -0.2) is 31.2 Å². The maximum Gasteiger partial charge on any atom is 0.0652 e. The van der Waals surface area contributed by atoms with Gasteiger partial charge in [0.25, 0.3) is 0 Å². The first-order valence-electron chi connectivity index (χ1n) is 10.4. The van der Waals surface area contributed by atoms with Crippen molar-refractivity contribution in [1.29, 1.82) is 0 Å². The molecule has 2 aromatic carbocycles. The van der Waals surface area contributed by atoms with Gasteiger partial charge in [-0.15, -0.1) is 47.0 Å². The second kappa shape index (κ2) is 10.2. The minimum absolute atomic E-state index is 0.363. The summed E-state index contributed by atoms with van der Waals surface area (Å²) in [6.45, 7) is 0. The monoisotopic (exact) mass is 446 g/mol. The molecule has 4 rings (SSSR count). The molecule has 0 spiro atoms. The van der Waals surface area contributed by atoms with E-state index in [1.165, 1.54) is 72.7 Å². The Morgan fingerprint density at radius 1 is 0.536 bits per heavy atom. The highest BCUT2D eigenvalue weighted by molar-refractivity contribution is 8.19. The summed E-state index contributed by atoms with van der Waals surface area (Å²) < 4.78 is 0.726. The quantitative estimate of drug-likeness (QED) is 0.435. The van der Waals surface area contributed by atoms with E-state index in [-0.39, 0.29) is 0 Å². The first-order chi connectivity index (χ1) is 13.8. The molecule has 2 fully saturated rings. The molecule has 0 aromatic heterocycles. The normalized spacial score (nSPS) is 21.3. The first kappa shape index (κ1) is 21.1. The minimum Gasteiger partial charge on any atom is -0.144 e. The van der Waals surface area contributed by atoms with Gasteiger partial charge < -0.3 is 0 Å². The average Bonchev–Trinajstić information content (AvgIpc) is 2.75. The van der Waals surface area contributed by atoms with Crippen LogP contribution in [0, 0.1) is 0 Å². The van der Waals surface area contributed by atoms with E-state index in [0.717, 1.165) is 0 Å². The summed E-state index contributed by atoms with van der Waals surface area (Å²) in [5, 5.41) is 0. The molecule has 0 unspecified atom stereocenters. The van der Waals surface area contributed by atoms with E-state index >= 15 is 0 Å². The SMILES string of the molecule is c1ccc(CC2(CCC3(Cc4ccccc4)SCCCS3)SCCCS2)cc1. The second-order valence-corrected chi connectivity index (χ2v) is 14.2. The Hall–Kier alpha value is -0.160. The van der Waals surface area contributed by atoms with Crippen molar-refractivity contribution in [3.05, 3.63) is 71.8 Å². The Bertz CT molecular complexity index is 640. The van der Waals surface area contributed by atoms with Gasteiger partial charge >= 0.3 is 0 Å². The maximum absolute atomic E-state index is 2.32. The molecule has 0 amide bonds. The van der Waals surface area contributed by atoms with Crippen molar-refractivity contribution in [3.63, 3.8) is 0 Å². The Labute approximate surface area is 187 Å². The molecule has 2 heterocycles. The average molecular weight is 447 g/mol. The molecule has 2 aliphatic heterocycles. The second-order valence-electron chi connectivity index (χ2n) is 7.75. The van der Waals surface area contributed by atoms with E-state index < -0.39 is 0 Å². The maximum atomic E-state index is 2.32. The third-order valence-corrected chi connectivity index (χ3v) is 12.4. The van der Waals surface area contributed by atoms with Crippen molar-refractivity contribution in [3.8, 4) is 0 Å². The molecular formula is C24H30S4. The highest BCUT2D eigenvalue weighted by Gasteiger charge is 2.40. The number of hydrogen-bond acceptors (Lipinski definition) is 4. The fourth-order valence-electron chi connectivity index (χ4n) is 4.10. The summed E-state index contributed by atoms with van der Waals surface area (Å²) in [5.41, 5.74) is 3.01. The van der Waals surface area contributed by atoms with Crippen molar-refractivity contribution in [2.24, 2.45) is 0 Å². The highest BCUT2D eigenvalue weighted by atomic mass is 32.2.